The molecule has 0 heteroatoms. The van der Waals surface area contributed by atoms with Crippen LogP contribution in [0.3, 0.4) is 0 Å². The summed E-state index contributed by atoms with van der Waals surface area (Å²) in [5, 5.41) is 0. The summed E-state index contributed by atoms with van der Waals surface area (Å²) in [7, 11) is 0. The summed E-state index contributed by atoms with van der Waals surface area (Å²) in [5.41, 5.74) is 5.02. The molecule has 0 fully saturated rings. The highest BCUT2D eigenvalue weighted by atomic mass is 14.0. The van der Waals surface area contributed by atoms with Gasteiger partial charge in [0.25, 0.3) is 0 Å². The molecule has 0 unspecified atom stereocenters. The molecule has 0 aliphatic heterocycles. The third-order valence-electron chi connectivity index (χ3n) is 2.78. The third kappa shape index (κ3) is 2.52. The predicted octanol–water partition coefficient (Wildman–Crippen LogP) is 4.49. The number of aryl methyl sites for hydroxylation is 1. The summed E-state index contributed by atoms with van der Waals surface area (Å²) in [6, 6.07) is 17.2. The normalized spacial score (nSPS) is 10.4. The molecule has 2 aromatic carbocycles. The van der Waals surface area contributed by atoms with Gasteiger partial charge in [0.1, 0.15) is 0 Å². The van der Waals surface area contributed by atoms with E-state index in [1.165, 1.54) is 23.1 Å². The zero-order valence-electron chi connectivity index (χ0n) is 9.74. The lowest BCUT2D eigenvalue weighted by Gasteiger charge is -2.04. The van der Waals surface area contributed by atoms with Crippen molar-refractivity contribution in [3.05, 3.63) is 66.6 Å². The van der Waals surface area contributed by atoms with Crippen molar-refractivity contribution in [3.8, 4) is 11.1 Å². The highest BCUT2D eigenvalue weighted by Gasteiger charge is 1.97. The molecule has 0 spiro atoms. The van der Waals surface area contributed by atoms with Crippen LogP contribution in [0.5, 0.6) is 0 Å². The molecule has 0 heterocycles. The van der Waals surface area contributed by atoms with Crippen LogP contribution in [0.2, 0.25) is 0 Å². The summed E-state index contributed by atoms with van der Waals surface area (Å²) in [5.74, 6) is 0. The maximum Gasteiger partial charge on any atom is -0.0184 e. The molecule has 0 aliphatic carbocycles. The van der Waals surface area contributed by atoms with E-state index in [4.69, 9.17) is 0 Å². The van der Waals surface area contributed by atoms with Gasteiger partial charge in [-0.25, -0.2) is 0 Å². The minimum atomic E-state index is 1.06. The fourth-order valence-corrected chi connectivity index (χ4v) is 1.85. The van der Waals surface area contributed by atoms with E-state index in [0.717, 1.165) is 12.0 Å². The highest BCUT2D eigenvalue weighted by molar-refractivity contribution is 5.64. The van der Waals surface area contributed by atoms with Crippen LogP contribution < -0.4 is 0 Å². The van der Waals surface area contributed by atoms with Gasteiger partial charge in [0, 0.05) is 0 Å². The van der Waals surface area contributed by atoms with Crippen LogP contribution in [-0.2, 0) is 6.42 Å². The molecule has 1 radical (unpaired) electrons. The van der Waals surface area contributed by atoms with Crippen molar-refractivity contribution >= 4 is 0 Å². The molecule has 0 nitrogen and oxygen atoms in total. The molecule has 16 heavy (non-hydrogen) atoms. The van der Waals surface area contributed by atoms with Gasteiger partial charge in [-0.3, -0.25) is 0 Å². The van der Waals surface area contributed by atoms with E-state index in [-0.39, 0.29) is 0 Å². The van der Waals surface area contributed by atoms with Gasteiger partial charge in [0.05, 0.1) is 0 Å². The maximum absolute atomic E-state index is 3.89. The van der Waals surface area contributed by atoms with Crippen LogP contribution in [0.1, 0.15) is 24.5 Å². The van der Waals surface area contributed by atoms with Gasteiger partial charge in [-0.05, 0) is 35.6 Å². The molecule has 0 aromatic heterocycles. The number of benzene rings is 2. The lowest BCUT2D eigenvalue weighted by Crippen LogP contribution is -1.83. The Labute approximate surface area is 97.9 Å². The maximum atomic E-state index is 3.89. The Morgan fingerprint density at radius 2 is 1.31 bits per heavy atom. The average molecular weight is 209 g/mol. The summed E-state index contributed by atoms with van der Waals surface area (Å²) in [6.07, 6.45) is 2.37. The monoisotopic (exact) mass is 209 g/mol. The van der Waals surface area contributed by atoms with E-state index in [1.54, 1.807) is 0 Å². The van der Waals surface area contributed by atoms with Crippen LogP contribution in [0, 0.1) is 6.92 Å². The first-order valence-corrected chi connectivity index (χ1v) is 5.81. The quantitative estimate of drug-likeness (QED) is 0.698. The lowest BCUT2D eigenvalue weighted by molar-refractivity contribution is 0.922. The first-order chi connectivity index (χ1) is 7.79. The van der Waals surface area contributed by atoms with Gasteiger partial charge in [-0.1, -0.05) is 61.9 Å². The van der Waals surface area contributed by atoms with Crippen molar-refractivity contribution in [2.45, 2.75) is 19.8 Å². The van der Waals surface area contributed by atoms with E-state index in [9.17, 15) is 0 Å². The van der Waals surface area contributed by atoms with E-state index in [0.29, 0.717) is 0 Å². The summed E-state index contributed by atoms with van der Waals surface area (Å²) in [4.78, 5) is 0. The lowest BCUT2D eigenvalue weighted by atomic mass is 10.0. The second kappa shape index (κ2) is 4.98. The van der Waals surface area contributed by atoms with Crippen molar-refractivity contribution in [1.82, 2.24) is 0 Å². The van der Waals surface area contributed by atoms with Crippen molar-refractivity contribution in [1.29, 1.82) is 0 Å². The smallest absolute Gasteiger partial charge is 0.0184 e. The molecule has 0 saturated heterocycles. The van der Waals surface area contributed by atoms with E-state index >= 15 is 0 Å². The Balaban J connectivity index is 2.24. The zero-order chi connectivity index (χ0) is 11.4. The van der Waals surface area contributed by atoms with Crippen LogP contribution in [0.4, 0.5) is 0 Å². The van der Waals surface area contributed by atoms with Crippen molar-refractivity contribution in [2.24, 2.45) is 0 Å². The Hall–Kier alpha value is -1.56. The van der Waals surface area contributed by atoms with Gasteiger partial charge in [0.2, 0.25) is 0 Å². The minimum Gasteiger partial charge on any atom is -0.0651 e. The van der Waals surface area contributed by atoms with Crippen molar-refractivity contribution in [2.75, 3.05) is 0 Å². The van der Waals surface area contributed by atoms with Crippen molar-refractivity contribution in [3.63, 3.8) is 0 Å². The Morgan fingerprint density at radius 3 is 1.81 bits per heavy atom. The van der Waals surface area contributed by atoms with Gasteiger partial charge < -0.3 is 0 Å². The minimum absolute atomic E-state index is 1.06. The van der Waals surface area contributed by atoms with Crippen molar-refractivity contribution < 1.29 is 0 Å². The topological polar surface area (TPSA) is 0 Å². The van der Waals surface area contributed by atoms with Gasteiger partial charge >= 0.3 is 0 Å². The number of hydrogen-bond donors (Lipinski definition) is 0. The Bertz CT molecular complexity index is 434. The summed E-state index contributed by atoms with van der Waals surface area (Å²) >= 11 is 0. The van der Waals surface area contributed by atoms with Crippen LogP contribution in [-0.4, -0.2) is 0 Å². The average Bonchev–Trinajstić information content (AvgIpc) is 2.32. The molecular formula is C16H17. The molecule has 2 rings (SSSR count). The van der Waals surface area contributed by atoms with E-state index in [1.807, 2.05) is 0 Å². The first kappa shape index (κ1) is 10.9. The van der Waals surface area contributed by atoms with Gasteiger partial charge in [-0.15, -0.1) is 0 Å². The number of hydrogen-bond acceptors (Lipinski definition) is 0. The Kier molecular flexibility index (Phi) is 3.40. The standard InChI is InChI=1S/C16H17/c1-3-4-14-7-11-16(12-8-14)15-9-5-13(2)6-10-15/h5-12H,2-4H2,1H3. The molecule has 0 N–H and O–H groups in total. The Morgan fingerprint density at radius 1 is 0.812 bits per heavy atom. The second-order valence-electron chi connectivity index (χ2n) is 4.14. The molecule has 0 amide bonds. The van der Waals surface area contributed by atoms with Gasteiger partial charge in [-0.2, -0.15) is 0 Å². The molecule has 0 atom stereocenters. The fourth-order valence-electron chi connectivity index (χ4n) is 1.85. The highest BCUT2D eigenvalue weighted by Crippen LogP contribution is 2.20. The fraction of sp³-hybridized carbons (Fsp3) is 0.188. The van der Waals surface area contributed by atoms with E-state index < -0.39 is 0 Å². The number of rotatable bonds is 3. The van der Waals surface area contributed by atoms with Gasteiger partial charge in [0.15, 0.2) is 0 Å². The summed E-state index contributed by atoms with van der Waals surface area (Å²) < 4.78 is 0. The van der Waals surface area contributed by atoms with Crippen LogP contribution >= 0.6 is 0 Å². The molecular weight excluding hydrogens is 192 g/mol. The first-order valence-electron chi connectivity index (χ1n) is 5.81. The molecule has 81 valence electrons. The summed E-state index contributed by atoms with van der Waals surface area (Å²) in [6.45, 7) is 6.10. The second-order valence-corrected chi connectivity index (χ2v) is 4.14. The molecule has 2 aromatic rings. The van der Waals surface area contributed by atoms with Crippen LogP contribution in [0.25, 0.3) is 11.1 Å². The largest absolute Gasteiger partial charge is 0.0651 e. The zero-order valence-corrected chi connectivity index (χ0v) is 9.74. The molecule has 0 bridgehead atoms. The van der Waals surface area contributed by atoms with Crippen LogP contribution in [0.15, 0.2) is 48.5 Å². The third-order valence-corrected chi connectivity index (χ3v) is 2.78. The molecule has 0 aliphatic rings. The SMILES string of the molecule is [CH2]c1ccc(-c2ccc(CCC)cc2)cc1. The predicted molar refractivity (Wildman–Crippen MR) is 70.3 cm³/mol. The molecule has 0 saturated carbocycles. The van der Waals surface area contributed by atoms with E-state index in [2.05, 4.69) is 62.4 Å².